The maximum absolute atomic E-state index is 11.2. The van der Waals surface area contributed by atoms with Crippen LogP contribution in [0.4, 0.5) is 0 Å². The fourth-order valence-electron chi connectivity index (χ4n) is 1.35. The number of nitrogens with two attached hydrogens (primary N) is 1. The van der Waals surface area contributed by atoms with E-state index in [2.05, 4.69) is 0 Å². The molecule has 0 fully saturated rings. The lowest BCUT2D eigenvalue weighted by atomic mass is 9.87. The van der Waals surface area contributed by atoms with Crippen LogP contribution in [0.3, 0.4) is 0 Å². The van der Waals surface area contributed by atoms with E-state index in [1.165, 1.54) is 14.0 Å². The van der Waals surface area contributed by atoms with Crippen LogP contribution in [0.1, 0.15) is 34.1 Å². The molecule has 0 bridgehead atoms. The Bertz CT molecular complexity index is 246. The average molecular weight is 216 g/mol. The molecule has 0 aromatic heterocycles. The SMILES string of the molecule is CON(C(C)=O)C(CC(C)(C)C)C(N)=O. The molecule has 0 aromatic rings. The zero-order chi connectivity index (χ0) is 12.2. The van der Waals surface area contributed by atoms with E-state index in [4.69, 9.17) is 10.6 Å². The van der Waals surface area contributed by atoms with E-state index < -0.39 is 11.9 Å². The molecule has 0 heterocycles. The molecule has 0 radical (unpaired) electrons. The second-order valence-corrected chi connectivity index (χ2v) is 4.71. The summed E-state index contributed by atoms with van der Waals surface area (Å²) in [4.78, 5) is 27.3. The molecule has 0 spiro atoms. The first-order chi connectivity index (χ1) is 6.69. The molecule has 5 nitrogen and oxygen atoms in total. The first-order valence-electron chi connectivity index (χ1n) is 4.82. The summed E-state index contributed by atoms with van der Waals surface area (Å²) in [6, 6.07) is -0.715. The Morgan fingerprint density at radius 3 is 2.07 bits per heavy atom. The number of primary amides is 1. The van der Waals surface area contributed by atoms with Gasteiger partial charge in [0, 0.05) is 6.92 Å². The molecular weight excluding hydrogens is 196 g/mol. The summed E-state index contributed by atoms with van der Waals surface area (Å²) in [7, 11) is 1.35. The third-order valence-electron chi connectivity index (χ3n) is 1.92. The van der Waals surface area contributed by atoms with Gasteiger partial charge in [-0.2, -0.15) is 0 Å². The van der Waals surface area contributed by atoms with Crippen LogP contribution in [0.25, 0.3) is 0 Å². The van der Waals surface area contributed by atoms with Gasteiger partial charge in [0.25, 0.3) is 0 Å². The number of rotatable bonds is 4. The molecule has 5 heteroatoms. The van der Waals surface area contributed by atoms with Gasteiger partial charge in [-0.3, -0.25) is 14.4 Å². The second-order valence-electron chi connectivity index (χ2n) is 4.71. The maximum atomic E-state index is 11.2. The van der Waals surface area contributed by atoms with Crippen LogP contribution in [0.2, 0.25) is 0 Å². The number of amides is 2. The average Bonchev–Trinajstić information content (AvgIpc) is 2.00. The van der Waals surface area contributed by atoms with Gasteiger partial charge in [0.05, 0.1) is 7.11 Å². The lowest BCUT2D eigenvalue weighted by Crippen LogP contribution is -2.48. The van der Waals surface area contributed by atoms with Crippen LogP contribution in [-0.2, 0) is 14.4 Å². The van der Waals surface area contributed by atoms with Crippen LogP contribution in [0, 0.1) is 5.41 Å². The van der Waals surface area contributed by atoms with Crippen LogP contribution >= 0.6 is 0 Å². The summed E-state index contributed by atoms with van der Waals surface area (Å²) in [6.45, 7) is 7.24. The van der Waals surface area contributed by atoms with Crippen molar-refractivity contribution in [2.75, 3.05) is 7.11 Å². The highest BCUT2D eigenvalue weighted by Gasteiger charge is 2.30. The summed E-state index contributed by atoms with van der Waals surface area (Å²) in [6.07, 6.45) is 0.468. The van der Waals surface area contributed by atoms with Crippen molar-refractivity contribution in [2.24, 2.45) is 11.1 Å². The fourth-order valence-corrected chi connectivity index (χ4v) is 1.35. The summed E-state index contributed by atoms with van der Waals surface area (Å²) in [5.41, 5.74) is 5.14. The molecule has 0 aliphatic rings. The van der Waals surface area contributed by atoms with E-state index in [-0.39, 0.29) is 11.3 Å². The molecule has 0 aromatic carbocycles. The van der Waals surface area contributed by atoms with Crippen molar-refractivity contribution < 1.29 is 14.4 Å². The van der Waals surface area contributed by atoms with Gasteiger partial charge in [0.1, 0.15) is 6.04 Å². The van der Waals surface area contributed by atoms with Crippen molar-refractivity contribution in [3.8, 4) is 0 Å². The lowest BCUT2D eigenvalue weighted by Gasteiger charge is -2.30. The standard InChI is InChI=1S/C10H20N2O3/c1-7(13)12(15-5)8(9(11)14)6-10(2,3)4/h8H,6H2,1-5H3,(H2,11,14). The molecule has 15 heavy (non-hydrogen) atoms. The molecule has 0 saturated heterocycles. The highest BCUT2D eigenvalue weighted by atomic mass is 16.7. The van der Waals surface area contributed by atoms with Crippen LogP contribution in [0.5, 0.6) is 0 Å². The largest absolute Gasteiger partial charge is 0.368 e. The number of hydroxylamine groups is 2. The quantitative estimate of drug-likeness (QED) is 0.702. The van der Waals surface area contributed by atoms with E-state index in [0.717, 1.165) is 5.06 Å². The molecule has 2 N–H and O–H groups in total. The zero-order valence-corrected chi connectivity index (χ0v) is 10.0. The van der Waals surface area contributed by atoms with E-state index in [0.29, 0.717) is 6.42 Å². The van der Waals surface area contributed by atoms with E-state index >= 15 is 0 Å². The van der Waals surface area contributed by atoms with Gasteiger partial charge in [-0.25, -0.2) is 5.06 Å². The molecule has 1 atom stereocenters. The first kappa shape index (κ1) is 13.9. The predicted molar refractivity (Wildman–Crippen MR) is 56.6 cm³/mol. The molecule has 1 unspecified atom stereocenters. The Balaban J connectivity index is 4.79. The number of nitrogens with zero attached hydrogens (tertiary/aromatic N) is 1. The summed E-state index contributed by atoms with van der Waals surface area (Å²) < 4.78 is 0. The Morgan fingerprint density at radius 1 is 1.40 bits per heavy atom. The van der Waals surface area contributed by atoms with Gasteiger partial charge in [-0.05, 0) is 11.8 Å². The van der Waals surface area contributed by atoms with Crippen LogP contribution in [0.15, 0.2) is 0 Å². The molecule has 88 valence electrons. The normalized spacial score (nSPS) is 13.4. The summed E-state index contributed by atoms with van der Waals surface area (Å²) in [5, 5.41) is 1.02. The Hall–Kier alpha value is -1.10. The van der Waals surface area contributed by atoms with Gasteiger partial charge in [-0.15, -0.1) is 0 Å². The Kier molecular flexibility index (Phi) is 4.74. The van der Waals surface area contributed by atoms with Crippen LogP contribution < -0.4 is 5.73 Å². The molecule has 0 aliphatic heterocycles. The van der Waals surface area contributed by atoms with E-state index in [9.17, 15) is 9.59 Å². The van der Waals surface area contributed by atoms with Gasteiger partial charge < -0.3 is 5.73 Å². The number of hydrogen-bond acceptors (Lipinski definition) is 3. The third-order valence-corrected chi connectivity index (χ3v) is 1.92. The monoisotopic (exact) mass is 216 g/mol. The lowest BCUT2D eigenvalue weighted by molar-refractivity contribution is -0.191. The maximum Gasteiger partial charge on any atom is 0.243 e. The van der Waals surface area contributed by atoms with Crippen molar-refractivity contribution in [3.05, 3.63) is 0 Å². The van der Waals surface area contributed by atoms with Crippen molar-refractivity contribution in [2.45, 2.75) is 40.2 Å². The smallest absolute Gasteiger partial charge is 0.243 e. The fraction of sp³-hybridized carbons (Fsp3) is 0.800. The van der Waals surface area contributed by atoms with Gasteiger partial charge in [-0.1, -0.05) is 20.8 Å². The van der Waals surface area contributed by atoms with E-state index in [1.54, 1.807) is 0 Å². The van der Waals surface area contributed by atoms with Crippen LogP contribution in [-0.4, -0.2) is 30.0 Å². The van der Waals surface area contributed by atoms with Crippen molar-refractivity contribution in [1.82, 2.24) is 5.06 Å². The van der Waals surface area contributed by atoms with Crippen molar-refractivity contribution in [3.63, 3.8) is 0 Å². The summed E-state index contributed by atoms with van der Waals surface area (Å²) in [5.74, 6) is -0.882. The molecule has 0 aliphatic carbocycles. The molecular formula is C10H20N2O3. The van der Waals surface area contributed by atoms with Gasteiger partial charge >= 0.3 is 0 Å². The highest BCUT2D eigenvalue weighted by molar-refractivity contribution is 5.85. The Labute approximate surface area is 90.5 Å². The van der Waals surface area contributed by atoms with Gasteiger partial charge in [0.2, 0.25) is 11.8 Å². The van der Waals surface area contributed by atoms with Gasteiger partial charge in [0.15, 0.2) is 0 Å². The topological polar surface area (TPSA) is 72.6 Å². The minimum Gasteiger partial charge on any atom is -0.368 e. The number of hydrogen-bond donors (Lipinski definition) is 1. The minimum absolute atomic E-state index is 0.105. The predicted octanol–water partition coefficient (Wildman–Crippen LogP) is 0.686. The number of carbonyl (C=O) groups excluding carboxylic acids is 2. The third kappa shape index (κ3) is 4.78. The zero-order valence-electron chi connectivity index (χ0n) is 10.0. The minimum atomic E-state index is -0.715. The highest BCUT2D eigenvalue weighted by Crippen LogP contribution is 2.23. The molecule has 2 amide bonds. The molecule has 0 rings (SSSR count). The second kappa shape index (κ2) is 5.11. The summed E-state index contributed by atoms with van der Waals surface area (Å²) >= 11 is 0. The number of carbonyl (C=O) groups is 2. The van der Waals surface area contributed by atoms with E-state index in [1.807, 2.05) is 20.8 Å². The van der Waals surface area contributed by atoms with Crippen molar-refractivity contribution in [1.29, 1.82) is 0 Å². The molecule has 0 saturated carbocycles. The Morgan fingerprint density at radius 2 is 1.87 bits per heavy atom. The van der Waals surface area contributed by atoms with Crippen molar-refractivity contribution >= 4 is 11.8 Å². The first-order valence-corrected chi connectivity index (χ1v) is 4.82.